The van der Waals surface area contributed by atoms with Crippen molar-refractivity contribution < 1.29 is 22.3 Å². The van der Waals surface area contributed by atoms with Gasteiger partial charge in [0, 0.05) is 24.5 Å². The molecule has 0 aliphatic carbocycles. The van der Waals surface area contributed by atoms with E-state index in [0.29, 0.717) is 17.0 Å². The van der Waals surface area contributed by atoms with Crippen LogP contribution in [-0.4, -0.2) is 44.3 Å². The van der Waals surface area contributed by atoms with Gasteiger partial charge >= 0.3 is 0 Å². The van der Waals surface area contributed by atoms with Crippen LogP contribution < -0.4 is 15.4 Å². The number of rotatable bonds is 10. The second kappa shape index (κ2) is 11.5. The molecule has 11 heteroatoms. The quantitative estimate of drug-likeness (QED) is 0.299. The lowest BCUT2D eigenvalue weighted by Crippen LogP contribution is -2.37. The number of carbonyl (C=O) groups is 1. The summed E-state index contributed by atoms with van der Waals surface area (Å²) in [6.07, 6.45) is 0. The van der Waals surface area contributed by atoms with E-state index in [1.165, 1.54) is 54.8 Å². The Bertz CT molecular complexity index is 1480. The number of sulfonamides is 1. The zero-order valence-electron chi connectivity index (χ0n) is 20.1. The van der Waals surface area contributed by atoms with Gasteiger partial charge in [-0.25, -0.2) is 17.8 Å². The molecule has 0 saturated heterocycles. The van der Waals surface area contributed by atoms with Crippen LogP contribution in [0.25, 0.3) is 11.3 Å². The minimum absolute atomic E-state index is 0.0494. The number of benzene rings is 3. The molecule has 0 atom stereocenters. The molecule has 1 amide bonds. The average Bonchev–Trinajstić information content (AvgIpc) is 3.39. The predicted molar refractivity (Wildman–Crippen MR) is 143 cm³/mol. The Balaban J connectivity index is 1.61. The molecular weight excluding hydrogens is 515 g/mol. The first-order chi connectivity index (χ1) is 17.8. The highest BCUT2D eigenvalue weighted by Gasteiger charge is 2.27. The Morgan fingerprint density at radius 2 is 1.81 bits per heavy atom. The Hall–Kier alpha value is -3.80. The number of nitrogens with zero attached hydrogens (tertiary/aromatic N) is 2. The van der Waals surface area contributed by atoms with Gasteiger partial charge in [-0.3, -0.25) is 4.79 Å². The van der Waals surface area contributed by atoms with E-state index in [4.69, 9.17) is 4.74 Å². The van der Waals surface area contributed by atoms with Crippen LogP contribution in [0.15, 0.2) is 83.1 Å². The van der Waals surface area contributed by atoms with Gasteiger partial charge < -0.3 is 15.4 Å². The average molecular weight is 541 g/mol. The fourth-order valence-electron chi connectivity index (χ4n) is 3.60. The molecule has 4 rings (SSSR count). The number of hydrogen-bond acceptors (Lipinski definition) is 7. The number of ether oxygens (including phenoxy) is 1. The number of thiazole rings is 1. The molecule has 0 aliphatic heterocycles. The fourth-order valence-corrected chi connectivity index (χ4v) is 5.68. The second-order valence-corrected chi connectivity index (χ2v) is 10.8. The minimum atomic E-state index is -4.03. The van der Waals surface area contributed by atoms with E-state index in [2.05, 4.69) is 15.6 Å². The SMILES string of the molecule is CNc1nc(-c2ccc(OC)c(NC(=O)CN(Cc3ccc(F)cc3)S(=O)(=O)c3ccccc3)c2)cs1. The van der Waals surface area contributed by atoms with Crippen LogP contribution in [0, 0.1) is 5.82 Å². The number of halogens is 1. The van der Waals surface area contributed by atoms with Crippen LogP contribution in [-0.2, 0) is 21.4 Å². The fraction of sp³-hybridized carbons (Fsp3) is 0.154. The van der Waals surface area contributed by atoms with Gasteiger partial charge in [-0.15, -0.1) is 11.3 Å². The lowest BCUT2D eigenvalue weighted by atomic mass is 10.1. The monoisotopic (exact) mass is 540 g/mol. The molecule has 8 nitrogen and oxygen atoms in total. The van der Waals surface area contributed by atoms with Crippen molar-refractivity contribution in [3.8, 4) is 17.0 Å². The number of amides is 1. The van der Waals surface area contributed by atoms with E-state index in [1.807, 2.05) is 11.4 Å². The molecule has 2 N–H and O–H groups in total. The highest BCUT2D eigenvalue weighted by molar-refractivity contribution is 7.89. The van der Waals surface area contributed by atoms with Gasteiger partial charge in [0.15, 0.2) is 5.13 Å². The highest BCUT2D eigenvalue weighted by atomic mass is 32.2. The Kier molecular flexibility index (Phi) is 8.17. The van der Waals surface area contributed by atoms with Crippen molar-refractivity contribution in [2.24, 2.45) is 0 Å². The zero-order valence-corrected chi connectivity index (χ0v) is 21.8. The molecule has 0 unspecified atom stereocenters. The molecule has 37 heavy (non-hydrogen) atoms. The zero-order chi connectivity index (χ0) is 26.4. The third-order valence-electron chi connectivity index (χ3n) is 5.46. The molecule has 0 aliphatic rings. The molecule has 1 aromatic heterocycles. The first kappa shape index (κ1) is 26.3. The van der Waals surface area contributed by atoms with Crippen molar-refractivity contribution in [1.82, 2.24) is 9.29 Å². The summed E-state index contributed by atoms with van der Waals surface area (Å²) in [5, 5.41) is 8.39. The smallest absolute Gasteiger partial charge is 0.243 e. The van der Waals surface area contributed by atoms with E-state index < -0.39 is 28.3 Å². The lowest BCUT2D eigenvalue weighted by molar-refractivity contribution is -0.116. The van der Waals surface area contributed by atoms with E-state index in [1.54, 1.807) is 37.4 Å². The van der Waals surface area contributed by atoms with E-state index in [9.17, 15) is 17.6 Å². The topological polar surface area (TPSA) is 101 Å². The first-order valence-corrected chi connectivity index (χ1v) is 13.5. The maximum absolute atomic E-state index is 13.4. The van der Waals surface area contributed by atoms with Gasteiger partial charge in [-0.05, 0) is 48.0 Å². The van der Waals surface area contributed by atoms with Crippen molar-refractivity contribution in [2.75, 3.05) is 31.3 Å². The van der Waals surface area contributed by atoms with Crippen molar-refractivity contribution in [2.45, 2.75) is 11.4 Å². The van der Waals surface area contributed by atoms with E-state index >= 15 is 0 Å². The normalized spacial score (nSPS) is 11.4. The van der Waals surface area contributed by atoms with Gasteiger partial charge in [-0.1, -0.05) is 30.3 Å². The van der Waals surface area contributed by atoms with Crippen LogP contribution >= 0.6 is 11.3 Å². The van der Waals surface area contributed by atoms with Gasteiger partial charge in [-0.2, -0.15) is 4.31 Å². The summed E-state index contributed by atoms with van der Waals surface area (Å²) in [5.41, 5.74) is 2.39. The van der Waals surface area contributed by atoms with Crippen LogP contribution in [0.1, 0.15) is 5.56 Å². The molecule has 192 valence electrons. The van der Waals surface area contributed by atoms with Crippen LogP contribution in [0.3, 0.4) is 0 Å². The van der Waals surface area contributed by atoms with Gasteiger partial charge in [0.05, 0.1) is 29.9 Å². The van der Waals surface area contributed by atoms with Crippen molar-refractivity contribution in [3.63, 3.8) is 0 Å². The number of anilines is 2. The summed E-state index contributed by atoms with van der Waals surface area (Å²) >= 11 is 1.45. The molecular formula is C26H25FN4O4S2. The summed E-state index contributed by atoms with van der Waals surface area (Å²) in [6.45, 7) is -0.587. The highest BCUT2D eigenvalue weighted by Crippen LogP contribution is 2.32. The summed E-state index contributed by atoms with van der Waals surface area (Å²) in [4.78, 5) is 17.7. The molecule has 0 bridgehead atoms. The minimum Gasteiger partial charge on any atom is -0.495 e. The van der Waals surface area contributed by atoms with Crippen molar-refractivity contribution >= 4 is 38.1 Å². The number of aromatic nitrogens is 1. The van der Waals surface area contributed by atoms with Crippen molar-refractivity contribution in [3.05, 3.63) is 89.6 Å². The van der Waals surface area contributed by atoms with E-state index in [0.717, 1.165) is 20.7 Å². The Labute approximate surface area is 218 Å². The van der Waals surface area contributed by atoms with Crippen molar-refractivity contribution in [1.29, 1.82) is 0 Å². The summed E-state index contributed by atoms with van der Waals surface area (Å²) in [7, 11) is -0.771. The van der Waals surface area contributed by atoms with Gasteiger partial charge in [0.1, 0.15) is 11.6 Å². The van der Waals surface area contributed by atoms with Gasteiger partial charge in [0.2, 0.25) is 15.9 Å². The maximum Gasteiger partial charge on any atom is 0.243 e. The summed E-state index contributed by atoms with van der Waals surface area (Å²) in [6, 6.07) is 18.6. The third kappa shape index (κ3) is 6.31. The molecule has 0 radical (unpaired) electrons. The van der Waals surface area contributed by atoms with Gasteiger partial charge in [0.25, 0.3) is 0 Å². The van der Waals surface area contributed by atoms with Crippen LogP contribution in [0.4, 0.5) is 15.2 Å². The third-order valence-corrected chi connectivity index (χ3v) is 8.13. The van der Waals surface area contributed by atoms with E-state index in [-0.39, 0.29) is 11.4 Å². The summed E-state index contributed by atoms with van der Waals surface area (Å²) < 4.78 is 46.7. The lowest BCUT2D eigenvalue weighted by Gasteiger charge is -2.22. The number of carbonyl (C=O) groups excluding carboxylic acids is 1. The number of methoxy groups -OCH3 is 1. The van der Waals surface area contributed by atoms with Crippen LogP contribution in [0.2, 0.25) is 0 Å². The predicted octanol–water partition coefficient (Wildman–Crippen LogP) is 4.83. The summed E-state index contributed by atoms with van der Waals surface area (Å²) in [5.74, 6) is -0.587. The first-order valence-electron chi connectivity index (χ1n) is 11.2. The molecule has 1 heterocycles. The molecule has 3 aromatic carbocycles. The molecule has 4 aromatic rings. The largest absolute Gasteiger partial charge is 0.495 e. The number of nitrogens with one attached hydrogen (secondary N) is 2. The Morgan fingerprint density at radius 1 is 1.08 bits per heavy atom. The maximum atomic E-state index is 13.4. The Morgan fingerprint density at radius 3 is 2.46 bits per heavy atom. The standard InChI is InChI=1S/C26H25FN4O4S2/c1-28-26-30-23(17-36-26)19-10-13-24(35-2)22(14-19)29-25(32)16-31(15-18-8-11-20(27)12-9-18)37(33,34)21-6-4-3-5-7-21/h3-14,17H,15-16H2,1-2H3,(H,28,30)(H,29,32). The molecule has 0 spiro atoms. The van der Waals surface area contributed by atoms with Crippen LogP contribution in [0.5, 0.6) is 5.75 Å². The second-order valence-electron chi connectivity index (χ2n) is 7.96. The molecule has 0 fully saturated rings. The molecule has 0 saturated carbocycles. The number of hydrogen-bond donors (Lipinski definition) is 2.